The van der Waals surface area contributed by atoms with E-state index in [2.05, 4.69) is 4.98 Å². The average molecular weight is 341 g/mol. The van der Waals surface area contributed by atoms with E-state index in [-0.39, 0.29) is 12.6 Å². The van der Waals surface area contributed by atoms with Crippen LogP contribution >= 0.6 is 22.9 Å². The fourth-order valence-electron chi connectivity index (χ4n) is 2.17. The van der Waals surface area contributed by atoms with Crippen molar-refractivity contribution in [3.63, 3.8) is 0 Å². The maximum Gasteiger partial charge on any atom is 0.123 e. The summed E-state index contributed by atoms with van der Waals surface area (Å²) in [7, 11) is 0. The smallest absolute Gasteiger partial charge is 0.123 e. The third-order valence-electron chi connectivity index (χ3n) is 3.39. The van der Waals surface area contributed by atoms with Crippen LogP contribution in [0.4, 0.5) is 0 Å². The molecule has 0 saturated heterocycles. The van der Waals surface area contributed by atoms with E-state index in [0.29, 0.717) is 18.1 Å². The van der Waals surface area contributed by atoms with Crippen molar-refractivity contribution < 1.29 is 10.2 Å². The number of nitrogens with zero attached hydrogens (tertiary/aromatic N) is 2. The molecule has 0 saturated carbocycles. The van der Waals surface area contributed by atoms with Gasteiger partial charge in [-0.3, -0.25) is 4.90 Å². The molecular formula is C16H21ClN2O2S. The van der Waals surface area contributed by atoms with Crippen molar-refractivity contribution >= 4 is 22.9 Å². The molecule has 1 aromatic heterocycles. The Kier molecular flexibility index (Phi) is 6.35. The summed E-state index contributed by atoms with van der Waals surface area (Å²) in [6.45, 7) is 4.86. The van der Waals surface area contributed by atoms with Gasteiger partial charge in [-0.15, -0.1) is 11.3 Å². The van der Waals surface area contributed by atoms with E-state index in [4.69, 9.17) is 11.6 Å². The first-order valence-electron chi connectivity index (χ1n) is 7.23. The summed E-state index contributed by atoms with van der Waals surface area (Å²) in [5, 5.41) is 22.6. The van der Waals surface area contributed by atoms with Crippen molar-refractivity contribution in [2.75, 3.05) is 13.2 Å². The predicted molar refractivity (Wildman–Crippen MR) is 91.2 cm³/mol. The fraction of sp³-hybridized carbons (Fsp3) is 0.438. The van der Waals surface area contributed by atoms with E-state index in [1.807, 2.05) is 41.5 Å². The molecule has 0 spiro atoms. The summed E-state index contributed by atoms with van der Waals surface area (Å²) in [5.41, 5.74) is 1.98. The summed E-state index contributed by atoms with van der Waals surface area (Å²) in [4.78, 5) is 6.68. The summed E-state index contributed by atoms with van der Waals surface area (Å²) < 4.78 is 0. The zero-order chi connectivity index (χ0) is 16.1. The number of hydrogen-bond acceptors (Lipinski definition) is 5. The van der Waals surface area contributed by atoms with Crippen molar-refractivity contribution in [3.8, 4) is 10.6 Å². The molecule has 4 nitrogen and oxygen atoms in total. The largest absolute Gasteiger partial charge is 0.395 e. The van der Waals surface area contributed by atoms with E-state index in [9.17, 15) is 10.2 Å². The third kappa shape index (κ3) is 4.76. The second-order valence-corrected chi connectivity index (χ2v) is 6.76. The molecule has 2 atom stereocenters. The van der Waals surface area contributed by atoms with Gasteiger partial charge in [0.05, 0.1) is 18.4 Å². The maximum atomic E-state index is 9.60. The van der Waals surface area contributed by atoms with Crippen molar-refractivity contribution in [2.45, 2.75) is 32.5 Å². The highest BCUT2D eigenvalue weighted by atomic mass is 35.5. The Morgan fingerprint density at radius 2 is 1.95 bits per heavy atom. The van der Waals surface area contributed by atoms with Crippen LogP contribution in [0.15, 0.2) is 29.6 Å². The van der Waals surface area contributed by atoms with Gasteiger partial charge in [0.25, 0.3) is 0 Å². The summed E-state index contributed by atoms with van der Waals surface area (Å²) >= 11 is 7.48. The van der Waals surface area contributed by atoms with Crippen LogP contribution in [0.1, 0.15) is 19.5 Å². The van der Waals surface area contributed by atoms with Crippen molar-refractivity contribution in [2.24, 2.45) is 0 Å². The molecule has 0 aliphatic rings. The van der Waals surface area contributed by atoms with Crippen LogP contribution in [-0.4, -0.2) is 45.4 Å². The monoisotopic (exact) mass is 340 g/mol. The Morgan fingerprint density at radius 3 is 2.55 bits per heavy atom. The topological polar surface area (TPSA) is 56.6 Å². The second kappa shape index (κ2) is 8.04. The van der Waals surface area contributed by atoms with Crippen LogP contribution < -0.4 is 0 Å². The minimum absolute atomic E-state index is 0.0183. The zero-order valence-electron chi connectivity index (χ0n) is 12.7. The lowest BCUT2D eigenvalue weighted by Gasteiger charge is -2.28. The third-order valence-corrected chi connectivity index (χ3v) is 4.59. The zero-order valence-corrected chi connectivity index (χ0v) is 14.3. The molecular weight excluding hydrogens is 320 g/mol. The molecule has 22 heavy (non-hydrogen) atoms. The highest BCUT2D eigenvalue weighted by Crippen LogP contribution is 2.25. The number of rotatable bonds is 7. The summed E-state index contributed by atoms with van der Waals surface area (Å²) in [6.07, 6.45) is -0.441. The van der Waals surface area contributed by atoms with E-state index in [0.717, 1.165) is 16.3 Å². The van der Waals surface area contributed by atoms with Crippen molar-refractivity contribution in [3.05, 3.63) is 40.4 Å². The Labute approximate surface area is 140 Å². The van der Waals surface area contributed by atoms with Gasteiger partial charge >= 0.3 is 0 Å². The van der Waals surface area contributed by atoms with Crippen LogP contribution in [0, 0.1) is 0 Å². The summed E-state index contributed by atoms with van der Waals surface area (Å²) in [6, 6.07) is 7.59. The van der Waals surface area contributed by atoms with E-state index >= 15 is 0 Å². The number of halogens is 1. The first kappa shape index (κ1) is 17.4. The molecule has 0 fully saturated rings. The van der Waals surface area contributed by atoms with Gasteiger partial charge in [-0.25, -0.2) is 4.98 Å². The lowest BCUT2D eigenvalue weighted by molar-refractivity contribution is 0.0712. The number of thiazole rings is 1. The minimum atomic E-state index is -0.441. The molecule has 0 amide bonds. The Balaban J connectivity index is 2.10. The van der Waals surface area contributed by atoms with E-state index in [1.54, 1.807) is 18.3 Å². The van der Waals surface area contributed by atoms with Gasteiger partial charge in [0.1, 0.15) is 5.01 Å². The van der Waals surface area contributed by atoms with Crippen molar-refractivity contribution in [1.29, 1.82) is 0 Å². The quantitative estimate of drug-likeness (QED) is 0.813. The number of aromatic nitrogens is 1. The Bertz CT molecular complexity index is 586. The van der Waals surface area contributed by atoms with Gasteiger partial charge in [-0.1, -0.05) is 23.7 Å². The fourth-order valence-corrected chi connectivity index (χ4v) is 3.11. The standard InChI is InChI=1S/C16H21ClN2O2S/c1-11(9-20)19(7-12(2)21)8-15-10-22-16(18-15)13-3-5-14(17)6-4-13/h3-6,10-12,20-21H,7-9H2,1-2H3. The van der Waals surface area contributed by atoms with Crippen LogP contribution in [0.3, 0.4) is 0 Å². The lowest BCUT2D eigenvalue weighted by atomic mass is 10.2. The first-order valence-corrected chi connectivity index (χ1v) is 8.48. The number of aliphatic hydroxyl groups excluding tert-OH is 2. The van der Waals surface area contributed by atoms with Gasteiger partial charge in [-0.2, -0.15) is 0 Å². The highest BCUT2D eigenvalue weighted by molar-refractivity contribution is 7.13. The lowest BCUT2D eigenvalue weighted by Crippen LogP contribution is -2.39. The molecule has 0 aliphatic carbocycles. The van der Waals surface area contributed by atoms with Crippen LogP contribution in [0.5, 0.6) is 0 Å². The minimum Gasteiger partial charge on any atom is -0.395 e. The number of benzene rings is 1. The van der Waals surface area contributed by atoms with Crippen LogP contribution in [-0.2, 0) is 6.54 Å². The van der Waals surface area contributed by atoms with Gasteiger partial charge in [0, 0.05) is 35.1 Å². The first-order chi connectivity index (χ1) is 10.5. The molecule has 0 radical (unpaired) electrons. The number of hydrogen-bond donors (Lipinski definition) is 2. The van der Waals surface area contributed by atoms with Gasteiger partial charge < -0.3 is 10.2 Å². The van der Waals surface area contributed by atoms with Crippen LogP contribution in [0.25, 0.3) is 10.6 Å². The highest BCUT2D eigenvalue weighted by Gasteiger charge is 2.17. The van der Waals surface area contributed by atoms with Gasteiger partial charge in [0.15, 0.2) is 0 Å². The van der Waals surface area contributed by atoms with Crippen LogP contribution in [0.2, 0.25) is 5.02 Å². The molecule has 1 heterocycles. The second-order valence-electron chi connectivity index (χ2n) is 5.46. The predicted octanol–water partition coefficient (Wildman–Crippen LogP) is 3.03. The number of aliphatic hydroxyl groups is 2. The van der Waals surface area contributed by atoms with Gasteiger partial charge in [0.2, 0.25) is 0 Å². The molecule has 0 bridgehead atoms. The molecule has 1 aromatic carbocycles. The van der Waals surface area contributed by atoms with E-state index in [1.165, 1.54) is 0 Å². The average Bonchev–Trinajstić information content (AvgIpc) is 2.94. The molecule has 2 N–H and O–H groups in total. The normalized spacial score (nSPS) is 14.3. The summed E-state index contributed by atoms with van der Waals surface area (Å²) in [5.74, 6) is 0. The molecule has 2 unspecified atom stereocenters. The maximum absolute atomic E-state index is 9.60. The van der Waals surface area contributed by atoms with E-state index < -0.39 is 6.10 Å². The molecule has 6 heteroatoms. The van der Waals surface area contributed by atoms with Gasteiger partial charge in [-0.05, 0) is 26.0 Å². The molecule has 2 aromatic rings. The Morgan fingerprint density at radius 1 is 1.27 bits per heavy atom. The molecule has 120 valence electrons. The Hall–Kier alpha value is -0.980. The molecule has 0 aliphatic heterocycles. The molecule has 2 rings (SSSR count). The SMILES string of the molecule is CC(O)CN(Cc1csc(-c2ccc(Cl)cc2)n1)C(C)CO. The van der Waals surface area contributed by atoms with Crippen molar-refractivity contribution in [1.82, 2.24) is 9.88 Å².